The molecule has 9 aromatic rings. The lowest BCUT2D eigenvalue weighted by atomic mass is 9.83. The van der Waals surface area contributed by atoms with Crippen molar-refractivity contribution >= 4 is 44.5 Å². The molecule has 0 radical (unpaired) electrons. The second kappa shape index (κ2) is 14.7. The van der Waals surface area contributed by atoms with Gasteiger partial charge in [0, 0.05) is 0 Å². The highest BCUT2D eigenvalue weighted by Gasteiger charge is 2.30. The summed E-state index contributed by atoms with van der Waals surface area (Å²) in [4.78, 5) is 0. The quantitative estimate of drug-likeness (QED) is 0.168. The molecule has 0 fully saturated rings. The Morgan fingerprint density at radius 2 is 0.800 bits per heavy atom. The Morgan fingerprint density at radius 3 is 1.31 bits per heavy atom. The van der Waals surface area contributed by atoms with Gasteiger partial charge in [0.2, 0.25) is 0 Å². The van der Waals surface area contributed by atoms with E-state index in [0.29, 0.717) is 0 Å². The minimum Gasteiger partial charge on any atom is -0.0757 e. The van der Waals surface area contributed by atoms with Crippen LogP contribution in [0.2, 0.25) is 0 Å². The zero-order valence-corrected chi connectivity index (χ0v) is 31.8. The van der Waals surface area contributed by atoms with Gasteiger partial charge in [-0.1, -0.05) is 199 Å². The summed E-state index contributed by atoms with van der Waals surface area (Å²) >= 11 is 0. The summed E-state index contributed by atoms with van der Waals surface area (Å²) < 4.78 is 0. The van der Waals surface area contributed by atoms with Crippen molar-refractivity contribution in [3.63, 3.8) is 0 Å². The first-order valence-corrected chi connectivity index (χ1v) is 19.5. The molecule has 0 saturated carbocycles. The fourth-order valence-corrected chi connectivity index (χ4v) is 8.60. The van der Waals surface area contributed by atoms with Crippen molar-refractivity contribution in [1.29, 1.82) is 0 Å². The summed E-state index contributed by atoms with van der Waals surface area (Å²) in [6, 6.07) is 63.3. The Bertz CT molecular complexity index is 2820. The molecule has 0 heterocycles. The summed E-state index contributed by atoms with van der Waals surface area (Å²) in [5.41, 5.74) is 14.9. The molecule has 0 aliphatic heterocycles. The van der Waals surface area contributed by atoms with E-state index in [2.05, 4.69) is 209 Å². The highest BCUT2D eigenvalue weighted by Crippen LogP contribution is 2.53. The largest absolute Gasteiger partial charge is 0.0757 e. The smallest absolute Gasteiger partial charge is 0.000753 e. The van der Waals surface area contributed by atoms with Crippen molar-refractivity contribution in [1.82, 2.24) is 0 Å². The van der Waals surface area contributed by atoms with Crippen LogP contribution < -0.4 is 10.4 Å². The van der Waals surface area contributed by atoms with Crippen molar-refractivity contribution in [2.75, 3.05) is 0 Å². The van der Waals surface area contributed by atoms with Gasteiger partial charge in [-0.15, -0.1) is 0 Å². The zero-order chi connectivity index (χ0) is 37.3. The Hall–Kier alpha value is -6.50. The first-order valence-electron chi connectivity index (χ1n) is 19.5. The first kappa shape index (κ1) is 34.3. The molecule has 0 saturated heterocycles. The summed E-state index contributed by atoms with van der Waals surface area (Å²) in [6.45, 7) is 6.47. The summed E-state index contributed by atoms with van der Waals surface area (Å²) in [5, 5.41) is 10.9. The molecule has 0 atom stereocenters. The molecular weight excluding hydrogens is 661 g/mol. The predicted octanol–water partition coefficient (Wildman–Crippen LogP) is 13.8. The van der Waals surface area contributed by atoms with Crippen LogP contribution in [0.5, 0.6) is 0 Å². The summed E-state index contributed by atoms with van der Waals surface area (Å²) in [7, 11) is 0. The number of benzene rings is 9. The molecule has 11 rings (SSSR count). The van der Waals surface area contributed by atoms with Gasteiger partial charge in [0.15, 0.2) is 0 Å². The predicted molar refractivity (Wildman–Crippen MR) is 239 cm³/mol. The Balaban J connectivity index is 0.000000146. The van der Waals surface area contributed by atoms with Gasteiger partial charge in [-0.05, 0) is 126 Å². The SMILES string of the molecule is Cc1ccc2c3c(cccc13)-c1c-2c(-c2ccccc2)c2c(c1-c1ccccc1)=CCCC=2.Cc1ccc2ccccc2c1.Cc1ccc2ccccc2c1. The van der Waals surface area contributed by atoms with Crippen LogP contribution in [0, 0.1) is 20.8 Å². The zero-order valence-electron chi connectivity index (χ0n) is 31.8. The third kappa shape index (κ3) is 6.45. The van der Waals surface area contributed by atoms with E-state index in [1.165, 1.54) is 104 Å². The molecule has 0 bridgehead atoms. The molecule has 0 spiro atoms. The molecule has 0 amide bonds. The Morgan fingerprint density at radius 1 is 0.345 bits per heavy atom. The van der Waals surface area contributed by atoms with E-state index in [-0.39, 0.29) is 0 Å². The Kier molecular flexibility index (Phi) is 9.18. The average Bonchev–Trinajstić information content (AvgIpc) is 3.56. The maximum atomic E-state index is 2.47. The molecule has 0 N–H and O–H groups in total. The molecule has 2 aliphatic rings. The van der Waals surface area contributed by atoms with Crippen LogP contribution in [0.3, 0.4) is 0 Å². The van der Waals surface area contributed by atoms with Gasteiger partial charge >= 0.3 is 0 Å². The third-order valence-corrected chi connectivity index (χ3v) is 11.2. The normalized spacial score (nSPS) is 12.1. The lowest BCUT2D eigenvalue weighted by Crippen LogP contribution is -2.32. The van der Waals surface area contributed by atoms with E-state index in [9.17, 15) is 0 Å². The molecular formula is C55H44. The highest BCUT2D eigenvalue weighted by molar-refractivity contribution is 6.21. The van der Waals surface area contributed by atoms with Gasteiger partial charge in [-0.25, -0.2) is 0 Å². The van der Waals surface area contributed by atoms with Crippen LogP contribution in [0.4, 0.5) is 0 Å². The lowest BCUT2D eigenvalue weighted by Gasteiger charge is -2.20. The second-order valence-corrected chi connectivity index (χ2v) is 14.9. The van der Waals surface area contributed by atoms with E-state index in [0.717, 1.165) is 12.8 Å². The number of rotatable bonds is 2. The van der Waals surface area contributed by atoms with Crippen molar-refractivity contribution < 1.29 is 0 Å². The fourth-order valence-electron chi connectivity index (χ4n) is 8.60. The molecule has 9 aromatic carbocycles. The number of hydrogen-bond acceptors (Lipinski definition) is 0. The number of fused-ring (bicyclic) bond motifs is 6. The van der Waals surface area contributed by atoms with Gasteiger partial charge in [-0.3, -0.25) is 0 Å². The topological polar surface area (TPSA) is 0 Å². The van der Waals surface area contributed by atoms with Gasteiger partial charge in [-0.2, -0.15) is 0 Å². The van der Waals surface area contributed by atoms with E-state index in [1.54, 1.807) is 0 Å². The van der Waals surface area contributed by atoms with Crippen LogP contribution in [-0.4, -0.2) is 0 Å². The number of aryl methyl sites for hydroxylation is 3. The minimum atomic E-state index is 1.09. The maximum absolute atomic E-state index is 2.47. The standard InChI is InChI=1S/C33H24.2C11H10/c1-21-19-20-28-31-24(21)17-10-18-27(31)32-29(22-11-4-2-5-12-22)25-15-8-9-16-26(25)30(33(28)32)23-13-6-3-7-14-23;2*1-9-6-7-10-4-2-3-5-11(10)8-9/h2-7,10-20H,8-9H2,1H3;2*2-8H,1H3. The molecule has 0 aromatic heterocycles. The third-order valence-electron chi connectivity index (χ3n) is 11.2. The lowest BCUT2D eigenvalue weighted by molar-refractivity contribution is 1.12. The van der Waals surface area contributed by atoms with Gasteiger partial charge < -0.3 is 0 Å². The average molecular weight is 705 g/mol. The van der Waals surface area contributed by atoms with Crippen molar-refractivity contribution in [2.24, 2.45) is 0 Å². The van der Waals surface area contributed by atoms with Gasteiger partial charge in [0.25, 0.3) is 0 Å². The minimum absolute atomic E-state index is 1.09. The monoisotopic (exact) mass is 704 g/mol. The second-order valence-electron chi connectivity index (χ2n) is 14.9. The van der Waals surface area contributed by atoms with E-state index in [4.69, 9.17) is 0 Å². The van der Waals surface area contributed by atoms with Crippen LogP contribution in [0.25, 0.3) is 89.0 Å². The molecule has 0 heteroatoms. The molecule has 0 nitrogen and oxygen atoms in total. The molecule has 55 heavy (non-hydrogen) atoms. The van der Waals surface area contributed by atoms with Crippen LogP contribution in [-0.2, 0) is 0 Å². The van der Waals surface area contributed by atoms with Crippen molar-refractivity contribution in [2.45, 2.75) is 33.6 Å². The Labute approximate surface area is 324 Å². The van der Waals surface area contributed by atoms with Crippen molar-refractivity contribution in [3.8, 4) is 44.5 Å². The molecule has 264 valence electrons. The van der Waals surface area contributed by atoms with E-state index >= 15 is 0 Å². The molecule has 2 aliphatic carbocycles. The maximum Gasteiger partial charge on any atom is -0.000753 e. The number of hydrogen-bond donors (Lipinski definition) is 0. The fraction of sp³-hybridized carbons (Fsp3) is 0.0909. The van der Waals surface area contributed by atoms with Gasteiger partial charge in [0.05, 0.1) is 0 Å². The highest BCUT2D eigenvalue weighted by atomic mass is 14.3. The van der Waals surface area contributed by atoms with E-state index < -0.39 is 0 Å². The van der Waals surface area contributed by atoms with Crippen LogP contribution in [0.15, 0.2) is 176 Å². The van der Waals surface area contributed by atoms with Crippen LogP contribution in [0.1, 0.15) is 29.5 Å². The van der Waals surface area contributed by atoms with Gasteiger partial charge in [0.1, 0.15) is 0 Å². The van der Waals surface area contributed by atoms with Crippen LogP contribution >= 0.6 is 0 Å². The molecule has 0 unspecified atom stereocenters. The summed E-state index contributed by atoms with van der Waals surface area (Å²) in [5.74, 6) is 0. The first-order chi connectivity index (χ1) is 27.0. The van der Waals surface area contributed by atoms with E-state index in [1.807, 2.05) is 0 Å². The summed E-state index contributed by atoms with van der Waals surface area (Å²) in [6.07, 6.45) is 7.13. The van der Waals surface area contributed by atoms with Crippen molar-refractivity contribution in [3.05, 3.63) is 203 Å².